The molecule has 0 unspecified atom stereocenters. The summed E-state index contributed by atoms with van der Waals surface area (Å²) in [4.78, 5) is 14.4. The van der Waals surface area contributed by atoms with Gasteiger partial charge in [-0.25, -0.2) is 0 Å². The Morgan fingerprint density at radius 2 is 1.78 bits per heavy atom. The zero-order chi connectivity index (χ0) is 26.4. The third-order valence-electron chi connectivity index (χ3n) is 6.20. The van der Waals surface area contributed by atoms with E-state index in [1.807, 2.05) is 44.2 Å². The van der Waals surface area contributed by atoms with Gasteiger partial charge in [0.15, 0.2) is 5.11 Å². The molecule has 0 saturated heterocycles. The minimum Gasteiger partial charge on any atom is -0.491 e. The largest absolute Gasteiger partial charge is 0.491 e. The number of ether oxygens (including phenoxy) is 1. The van der Waals surface area contributed by atoms with E-state index in [2.05, 4.69) is 46.8 Å². The van der Waals surface area contributed by atoms with Crippen LogP contribution in [0.15, 0.2) is 60.7 Å². The lowest BCUT2D eigenvalue weighted by molar-refractivity contribution is 0.0977. The fourth-order valence-electron chi connectivity index (χ4n) is 3.85. The molecule has 192 valence electrons. The van der Waals surface area contributed by atoms with Crippen molar-refractivity contribution < 1.29 is 9.53 Å². The fourth-order valence-corrected chi connectivity index (χ4v) is 4.05. The van der Waals surface area contributed by atoms with E-state index < -0.39 is 0 Å². The topological polar surface area (TPSA) is 81.1 Å². The maximum absolute atomic E-state index is 12.8. The predicted octanol–water partition coefficient (Wildman–Crippen LogP) is 6.38. The number of hydrogen-bond donors (Lipinski definition) is 2. The van der Waals surface area contributed by atoms with Crippen LogP contribution in [0.4, 0.5) is 5.69 Å². The normalized spacial score (nSPS) is 11.8. The summed E-state index contributed by atoms with van der Waals surface area (Å²) in [5, 5.41) is 15.4. The summed E-state index contributed by atoms with van der Waals surface area (Å²) in [6.45, 7) is 8.20. The van der Waals surface area contributed by atoms with Gasteiger partial charge in [0.2, 0.25) is 0 Å². The highest BCUT2D eigenvalue weighted by Crippen LogP contribution is 2.23. The first kappa shape index (κ1) is 26.3. The number of unbranched alkanes of at least 4 members (excludes halogenated alkanes) is 1. The van der Waals surface area contributed by atoms with Gasteiger partial charge in [-0.3, -0.25) is 10.1 Å². The van der Waals surface area contributed by atoms with Crippen molar-refractivity contribution in [3.63, 3.8) is 0 Å². The number of hydrogen-bond acceptors (Lipinski definition) is 5. The summed E-state index contributed by atoms with van der Waals surface area (Å²) >= 11 is 5.42. The molecular formula is C29H33N5O2S. The average molecular weight is 516 g/mol. The van der Waals surface area contributed by atoms with E-state index in [-0.39, 0.29) is 17.1 Å². The van der Waals surface area contributed by atoms with Crippen molar-refractivity contribution in [2.45, 2.75) is 59.5 Å². The van der Waals surface area contributed by atoms with Crippen molar-refractivity contribution >= 4 is 40.0 Å². The van der Waals surface area contributed by atoms with Crippen LogP contribution >= 0.6 is 12.2 Å². The Morgan fingerprint density at radius 1 is 1.05 bits per heavy atom. The lowest BCUT2D eigenvalue weighted by atomic mass is 10.1. The van der Waals surface area contributed by atoms with Crippen molar-refractivity contribution in [2.24, 2.45) is 0 Å². The number of fused-ring (bicyclic) bond motifs is 1. The number of nitrogens with zero attached hydrogens (tertiary/aromatic N) is 3. The van der Waals surface area contributed by atoms with Crippen LogP contribution in [0, 0.1) is 6.92 Å². The Morgan fingerprint density at radius 3 is 2.49 bits per heavy atom. The predicted molar refractivity (Wildman–Crippen MR) is 153 cm³/mol. The number of anilines is 1. The van der Waals surface area contributed by atoms with Gasteiger partial charge < -0.3 is 10.1 Å². The van der Waals surface area contributed by atoms with Crippen LogP contribution in [0.25, 0.3) is 16.7 Å². The highest BCUT2D eigenvalue weighted by Gasteiger charge is 2.13. The number of nitrogens with one attached hydrogen (secondary N) is 2. The standard InChI is InChI=1S/C29H33N5O2S/c1-5-7-9-21-12-14-23(15-13-21)34-32-26-16-19(3)25(18-27(26)33-34)30-29(37)31-28(35)22-10-8-11-24(17-22)36-20(4)6-2/h8,10-18,20H,5-7,9H2,1-4H3,(H2,30,31,35,37)/t20-/m1/s1. The van der Waals surface area contributed by atoms with Crippen LogP contribution in [0.5, 0.6) is 5.75 Å². The monoisotopic (exact) mass is 515 g/mol. The summed E-state index contributed by atoms with van der Waals surface area (Å²) in [6, 6.07) is 19.3. The van der Waals surface area contributed by atoms with E-state index in [0.717, 1.165) is 40.8 Å². The smallest absolute Gasteiger partial charge is 0.257 e. The molecular weight excluding hydrogens is 482 g/mol. The zero-order valence-corrected chi connectivity index (χ0v) is 22.6. The molecule has 1 heterocycles. The number of amides is 1. The van der Waals surface area contributed by atoms with Gasteiger partial charge in [0.05, 0.1) is 11.8 Å². The molecule has 0 aliphatic heterocycles. The zero-order valence-electron chi connectivity index (χ0n) is 21.7. The molecule has 4 aromatic rings. The SMILES string of the molecule is CCCCc1ccc(-n2nc3cc(C)c(NC(=S)NC(=O)c4cccc(O[C@H](C)CC)c4)cc3n2)cc1. The number of thiocarbonyl (C=S) groups is 1. The molecule has 4 rings (SSSR count). The number of carbonyl (C=O) groups excluding carboxylic acids is 1. The summed E-state index contributed by atoms with van der Waals surface area (Å²) in [7, 11) is 0. The molecule has 0 aliphatic carbocycles. The van der Waals surface area contributed by atoms with Gasteiger partial charge in [0.1, 0.15) is 16.8 Å². The Hall–Kier alpha value is -3.78. The third kappa shape index (κ3) is 6.71. The Balaban J connectivity index is 1.44. The van der Waals surface area contributed by atoms with E-state index in [1.54, 1.807) is 23.0 Å². The summed E-state index contributed by atoms with van der Waals surface area (Å²) in [5.41, 5.74) is 5.91. The lowest BCUT2D eigenvalue weighted by Gasteiger charge is -2.14. The molecule has 0 radical (unpaired) electrons. The molecule has 3 aromatic carbocycles. The molecule has 1 aromatic heterocycles. The van der Waals surface area contributed by atoms with Crippen LogP contribution in [0.1, 0.15) is 61.5 Å². The molecule has 37 heavy (non-hydrogen) atoms. The first-order valence-electron chi connectivity index (χ1n) is 12.7. The molecule has 1 amide bonds. The molecule has 0 spiro atoms. The van der Waals surface area contributed by atoms with Crippen molar-refractivity contribution in [2.75, 3.05) is 5.32 Å². The van der Waals surface area contributed by atoms with Gasteiger partial charge in [-0.1, -0.05) is 38.5 Å². The maximum Gasteiger partial charge on any atom is 0.257 e. The molecule has 0 bridgehead atoms. The van der Waals surface area contributed by atoms with Crippen molar-refractivity contribution in [3.8, 4) is 11.4 Å². The molecule has 0 aliphatic rings. The minimum absolute atomic E-state index is 0.0714. The van der Waals surface area contributed by atoms with Gasteiger partial charge in [-0.2, -0.15) is 4.80 Å². The average Bonchev–Trinajstić information content (AvgIpc) is 3.30. The molecule has 7 nitrogen and oxygen atoms in total. The highest BCUT2D eigenvalue weighted by atomic mass is 32.1. The van der Waals surface area contributed by atoms with Crippen molar-refractivity contribution in [3.05, 3.63) is 77.4 Å². The number of aromatic nitrogens is 3. The van der Waals surface area contributed by atoms with Gasteiger partial charge in [-0.15, -0.1) is 10.2 Å². The van der Waals surface area contributed by atoms with E-state index in [4.69, 9.17) is 17.0 Å². The number of benzene rings is 3. The van der Waals surface area contributed by atoms with Crippen molar-refractivity contribution in [1.29, 1.82) is 0 Å². The first-order chi connectivity index (χ1) is 17.9. The molecule has 8 heteroatoms. The van der Waals surface area contributed by atoms with E-state index in [1.165, 1.54) is 18.4 Å². The lowest BCUT2D eigenvalue weighted by Crippen LogP contribution is -2.34. The van der Waals surface area contributed by atoms with E-state index >= 15 is 0 Å². The van der Waals surface area contributed by atoms with Gasteiger partial charge in [0, 0.05) is 11.3 Å². The molecule has 2 N–H and O–H groups in total. The summed E-state index contributed by atoms with van der Waals surface area (Å²) in [5.74, 6) is 0.347. The second-order valence-electron chi connectivity index (χ2n) is 9.19. The number of aryl methyl sites for hydroxylation is 2. The fraction of sp³-hybridized carbons (Fsp3) is 0.310. The maximum atomic E-state index is 12.8. The Kier molecular flexibility index (Phi) is 8.50. The Labute approximate surface area is 223 Å². The van der Waals surface area contributed by atoms with Gasteiger partial charge in [0.25, 0.3) is 5.91 Å². The third-order valence-corrected chi connectivity index (χ3v) is 6.40. The number of carbonyl (C=O) groups is 1. The van der Waals surface area contributed by atoms with Crippen LogP contribution in [-0.4, -0.2) is 32.1 Å². The van der Waals surface area contributed by atoms with Crippen LogP contribution in [0.3, 0.4) is 0 Å². The van der Waals surface area contributed by atoms with Crippen molar-refractivity contribution in [1.82, 2.24) is 20.3 Å². The number of rotatable bonds is 9. The highest BCUT2D eigenvalue weighted by molar-refractivity contribution is 7.80. The summed E-state index contributed by atoms with van der Waals surface area (Å²) in [6.07, 6.45) is 4.39. The molecule has 1 atom stereocenters. The van der Waals surface area contributed by atoms with Gasteiger partial charge in [-0.05, 0) is 98.9 Å². The van der Waals surface area contributed by atoms with Gasteiger partial charge >= 0.3 is 0 Å². The quantitative estimate of drug-likeness (QED) is 0.252. The van der Waals surface area contributed by atoms with Crippen LogP contribution in [0.2, 0.25) is 0 Å². The van der Waals surface area contributed by atoms with E-state index in [0.29, 0.717) is 11.3 Å². The molecule has 0 saturated carbocycles. The second-order valence-corrected chi connectivity index (χ2v) is 9.60. The van der Waals surface area contributed by atoms with Crippen LogP contribution in [-0.2, 0) is 6.42 Å². The van der Waals surface area contributed by atoms with E-state index in [9.17, 15) is 4.79 Å². The van der Waals surface area contributed by atoms with Crippen LogP contribution < -0.4 is 15.4 Å². The minimum atomic E-state index is -0.306. The summed E-state index contributed by atoms with van der Waals surface area (Å²) < 4.78 is 5.82. The first-order valence-corrected chi connectivity index (χ1v) is 13.1. The second kappa shape index (κ2) is 12.0. The molecule has 0 fully saturated rings. The Bertz CT molecular complexity index is 1400.